The van der Waals surface area contributed by atoms with Gasteiger partial charge in [0.15, 0.2) is 0 Å². The summed E-state index contributed by atoms with van der Waals surface area (Å²) in [5.41, 5.74) is 0. The van der Waals surface area contributed by atoms with E-state index in [-0.39, 0.29) is 0 Å². The van der Waals surface area contributed by atoms with Gasteiger partial charge in [0.2, 0.25) is 0 Å². The van der Waals surface area contributed by atoms with Gasteiger partial charge in [0, 0.05) is 19.1 Å². The van der Waals surface area contributed by atoms with E-state index in [0.29, 0.717) is 6.04 Å². The van der Waals surface area contributed by atoms with Crippen LogP contribution in [-0.4, -0.2) is 25.8 Å². The summed E-state index contributed by atoms with van der Waals surface area (Å²) in [7, 11) is 0. The van der Waals surface area contributed by atoms with Gasteiger partial charge in [0.05, 0.1) is 6.61 Å². The molecule has 0 aromatic rings. The van der Waals surface area contributed by atoms with Gasteiger partial charge in [-0.1, -0.05) is 6.92 Å². The van der Waals surface area contributed by atoms with E-state index in [1.165, 1.54) is 6.42 Å². The number of ether oxygens (including phenoxy) is 1. The Bertz CT molecular complexity index is 161. The molecule has 0 spiro atoms. The first-order valence-corrected chi connectivity index (χ1v) is 5.55. The molecule has 0 rings (SSSR count). The van der Waals surface area contributed by atoms with E-state index in [1.54, 1.807) is 0 Å². The first-order chi connectivity index (χ1) is 6.85. The number of nitrogens with one attached hydrogen (secondary N) is 1. The van der Waals surface area contributed by atoms with Crippen molar-refractivity contribution in [2.75, 3.05) is 19.8 Å². The Kier molecular flexibility index (Phi) is 10.2. The third-order valence-corrected chi connectivity index (χ3v) is 2.00. The van der Waals surface area contributed by atoms with Crippen LogP contribution in [0.15, 0.2) is 0 Å². The van der Waals surface area contributed by atoms with Crippen LogP contribution in [0.2, 0.25) is 0 Å². The Morgan fingerprint density at radius 2 is 2.14 bits per heavy atom. The van der Waals surface area contributed by atoms with E-state index >= 15 is 0 Å². The van der Waals surface area contributed by atoms with Crippen LogP contribution in [0.1, 0.15) is 40.0 Å². The van der Waals surface area contributed by atoms with E-state index in [4.69, 9.17) is 4.74 Å². The average molecular weight is 197 g/mol. The molecule has 1 unspecified atom stereocenters. The highest BCUT2D eigenvalue weighted by Crippen LogP contribution is 1.97. The van der Waals surface area contributed by atoms with Gasteiger partial charge < -0.3 is 10.1 Å². The van der Waals surface area contributed by atoms with Gasteiger partial charge in [0.25, 0.3) is 0 Å². The van der Waals surface area contributed by atoms with Crippen molar-refractivity contribution in [3.63, 3.8) is 0 Å². The monoisotopic (exact) mass is 197 g/mol. The van der Waals surface area contributed by atoms with Crippen LogP contribution >= 0.6 is 0 Å². The van der Waals surface area contributed by atoms with Crippen LogP contribution in [0.3, 0.4) is 0 Å². The third kappa shape index (κ3) is 8.10. The molecule has 0 aliphatic carbocycles. The molecule has 1 N–H and O–H groups in total. The second-order valence-electron chi connectivity index (χ2n) is 3.28. The van der Waals surface area contributed by atoms with Crippen LogP contribution in [0.4, 0.5) is 0 Å². The van der Waals surface area contributed by atoms with Crippen LogP contribution in [0.5, 0.6) is 0 Å². The molecule has 0 fully saturated rings. The molecule has 2 nitrogen and oxygen atoms in total. The lowest BCUT2D eigenvalue weighted by atomic mass is 10.1. The molecule has 0 aliphatic heterocycles. The maximum Gasteiger partial charge on any atom is 0.0619 e. The highest BCUT2D eigenvalue weighted by atomic mass is 16.5. The smallest absolute Gasteiger partial charge is 0.0619 e. The highest BCUT2D eigenvalue weighted by Gasteiger charge is 2.05. The Balaban J connectivity index is 3.63. The predicted molar refractivity (Wildman–Crippen MR) is 61.3 cm³/mol. The SMILES string of the molecule is CC#CCCC(COCC)NCCC. The standard InChI is InChI=1S/C12H23NO/c1-4-7-8-9-12(11-14-6-3)13-10-5-2/h12-13H,5-6,8-11H2,1-3H3. The lowest BCUT2D eigenvalue weighted by Crippen LogP contribution is -2.34. The van der Waals surface area contributed by atoms with E-state index in [9.17, 15) is 0 Å². The van der Waals surface area contributed by atoms with Crippen molar-refractivity contribution < 1.29 is 4.74 Å². The molecule has 0 saturated heterocycles. The van der Waals surface area contributed by atoms with Crippen molar-refractivity contribution in [3.05, 3.63) is 0 Å². The second kappa shape index (κ2) is 10.6. The fourth-order valence-corrected chi connectivity index (χ4v) is 1.22. The van der Waals surface area contributed by atoms with Crippen molar-refractivity contribution in [1.29, 1.82) is 0 Å². The van der Waals surface area contributed by atoms with Crippen molar-refractivity contribution in [1.82, 2.24) is 5.32 Å². The molecule has 0 aromatic heterocycles. The minimum absolute atomic E-state index is 0.468. The summed E-state index contributed by atoms with van der Waals surface area (Å²) in [5.74, 6) is 6.00. The molecule has 1 atom stereocenters. The van der Waals surface area contributed by atoms with Crippen molar-refractivity contribution in [2.45, 2.75) is 46.1 Å². The van der Waals surface area contributed by atoms with Crippen molar-refractivity contribution in [2.24, 2.45) is 0 Å². The predicted octanol–water partition coefficient (Wildman–Crippen LogP) is 2.19. The Labute approximate surface area is 88.4 Å². The number of hydrogen-bond donors (Lipinski definition) is 1. The van der Waals surface area contributed by atoms with Crippen LogP contribution in [0, 0.1) is 11.8 Å². The Morgan fingerprint density at radius 1 is 1.36 bits per heavy atom. The molecule has 2 heteroatoms. The van der Waals surface area contributed by atoms with E-state index in [2.05, 4.69) is 24.1 Å². The molecule has 0 radical (unpaired) electrons. The quantitative estimate of drug-likeness (QED) is 0.602. The normalized spacial score (nSPS) is 11.9. The number of hydrogen-bond acceptors (Lipinski definition) is 2. The molecule has 0 aliphatic rings. The molecule has 82 valence electrons. The topological polar surface area (TPSA) is 21.3 Å². The summed E-state index contributed by atoms with van der Waals surface area (Å²) in [6.45, 7) is 8.76. The highest BCUT2D eigenvalue weighted by molar-refractivity contribution is 4.95. The van der Waals surface area contributed by atoms with E-state index in [1.807, 2.05) is 13.8 Å². The van der Waals surface area contributed by atoms with E-state index < -0.39 is 0 Å². The van der Waals surface area contributed by atoms with Crippen LogP contribution < -0.4 is 5.32 Å². The second-order valence-corrected chi connectivity index (χ2v) is 3.28. The maximum atomic E-state index is 5.41. The lowest BCUT2D eigenvalue weighted by Gasteiger charge is -2.16. The minimum atomic E-state index is 0.468. The molecule has 0 bridgehead atoms. The Hall–Kier alpha value is -0.520. The molecule has 0 saturated carbocycles. The maximum absolute atomic E-state index is 5.41. The zero-order valence-corrected chi connectivity index (χ0v) is 9.73. The summed E-state index contributed by atoms with van der Waals surface area (Å²) < 4.78 is 5.41. The van der Waals surface area contributed by atoms with Gasteiger partial charge in [-0.3, -0.25) is 0 Å². The number of rotatable bonds is 8. The zero-order chi connectivity index (χ0) is 10.6. The van der Waals surface area contributed by atoms with Gasteiger partial charge in [0.1, 0.15) is 0 Å². The van der Waals surface area contributed by atoms with Gasteiger partial charge in [-0.05, 0) is 33.2 Å². The molecule has 0 amide bonds. The summed E-state index contributed by atoms with van der Waals surface area (Å²) in [6, 6.07) is 0.468. The van der Waals surface area contributed by atoms with Crippen LogP contribution in [0.25, 0.3) is 0 Å². The first-order valence-electron chi connectivity index (χ1n) is 5.55. The van der Waals surface area contributed by atoms with Crippen molar-refractivity contribution in [3.8, 4) is 11.8 Å². The zero-order valence-electron chi connectivity index (χ0n) is 9.73. The fraction of sp³-hybridized carbons (Fsp3) is 0.833. The van der Waals surface area contributed by atoms with Crippen LogP contribution in [-0.2, 0) is 4.74 Å². The molecule has 0 aromatic carbocycles. The van der Waals surface area contributed by atoms with Gasteiger partial charge in [-0.25, -0.2) is 0 Å². The van der Waals surface area contributed by atoms with E-state index in [0.717, 1.165) is 32.6 Å². The Morgan fingerprint density at radius 3 is 2.71 bits per heavy atom. The van der Waals surface area contributed by atoms with Gasteiger partial charge in [-0.15, -0.1) is 11.8 Å². The first kappa shape index (κ1) is 13.5. The minimum Gasteiger partial charge on any atom is -0.380 e. The van der Waals surface area contributed by atoms with Crippen molar-refractivity contribution >= 4 is 0 Å². The summed E-state index contributed by atoms with van der Waals surface area (Å²) >= 11 is 0. The molecular formula is C12H23NO. The molecular weight excluding hydrogens is 174 g/mol. The third-order valence-electron chi connectivity index (χ3n) is 2.00. The lowest BCUT2D eigenvalue weighted by molar-refractivity contribution is 0.120. The summed E-state index contributed by atoms with van der Waals surface area (Å²) in [4.78, 5) is 0. The van der Waals surface area contributed by atoms with Gasteiger partial charge in [-0.2, -0.15) is 0 Å². The summed E-state index contributed by atoms with van der Waals surface area (Å²) in [6.07, 6.45) is 3.22. The fourth-order valence-electron chi connectivity index (χ4n) is 1.22. The molecule has 0 heterocycles. The van der Waals surface area contributed by atoms with Gasteiger partial charge >= 0.3 is 0 Å². The largest absolute Gasteiger partial charge is 0.380 e. The molecule has 14 heavy (non-hydrogen) atoms. The average Bonchev–Trinajstić information content (AvgIpc) is 2.21. The summed E-state index contributed by atoms with van der Waals surface area (Å²) in [5, 5.41) is 3.47.